The molecule has 4 rings (SSSR count). The zero-order valence-electron chi connectivity index (χ0n) is 16.8. The number of hydrogen-bond donors (Lipinski definition) is 1. The summed E-state index contributed by atoms with van der Waals surface area (Å²) >= 11 is 1.96. The van der Waals surface area contributed by atoms with Crippen LogP contribution < -0.4 is 5.63 Å². The molecule has 1 saturated carbocycles. The molecule has 3 aliphatic rings. The van der Waals surface area contributed by atoms with E-state index in [0.29, 0.717) is 35.5 Å². The molecule has 0 radical (unpaired) electrons. The number of fused-ring (bicyclic) bond motifs is 2. The molecule has 0 aromatic carbocycles. The average Bonchev–Trinajstić information content (AvgIpc) is 2.83. The third kappa shape index (κ3) is 4.08. The van der Waals surface area contributed by atoms with Crippen molar-refractivity contribution in [2.45, 2.75) is 59.2 Å². The molecule has 2 atom stereocenters. The summed E-state index contributed by atoms with van der Waals surface area (Å²) < 4.78 is 5.33. The van der Waals surface area contributed by atoms with Gasteiger partial charge in [0.25, 0.3) is 0 Å². The molecule has 3 fully saturated rings. The molecule has 2 aliphatic heterocycles. The second-order valence-corrected chi connectivity index (χ2v) is 11.1. The van der Waals surface area contributed by atoms with Crippen molar-refractivity contribution in [1.29, 1.82) is 0 Å². The van der Waals surface area contributed by atoms with Gasteiger partial charge in [-0.15, -0.1) is 0 Å². The van der Waals surface area contributed by atoms with Gasteiger partial charge in [0.05, 0.1) is 5.56 Å². The van der Waals surface area contributed by atoms with Gasteiger partial charge in [0.15, 0.2) is 0 Å². The Labute approximate surface area is 166 Å². The largest absolute Gasteiger partial charge is 0.507 e. The van der Waals surface area contributed by atoms with Crippen LogP contribution >= 0.6 is 11.8 Å². The monoisotopic (exact) mass is 392 g/mol. The summed E-state index contributed by atoms with van der Waals surface area (Å²) in [5.41, 5.74) is 1.44. The molecular formula is C21H32N2O3S. The van der Waals surface area contributed by atoms with E-state index >= 15 is 0 Å². The van der Waals surface area contributed by atoms with Crippen LogP contribution in [0.3, 0.4) is 0 Å². The lowest BCUT2D eigenvalue weighted by atomic mass is 9.65. The van der Waals surface area contributed by atoms with Crippen LogP contribution in [0.5, 0.6) is 5.75 Å². The predicted molar refractivity (Wildman–Crippen MR) is 109 cm³/mol. The van der Waals surface area contributed by atoms with E-state index in [9.17, 15) is 9.90 Å². The first-order valence-corrected chi connectivity index (χ1v) is 11.3. The molecule has 27 heavy (non-hydrogen) atoms. The minimum absolute atomic E-state index is 0.148. The molecule has 2 saturated heterocycles. The Balaban J connectivity index is 1.54. The van der Waals surface area contributed by atoms with E-state index < -0.39 is 5.63 Å². The smallest absolute Gasteiger partial charge is 0.343 e. The molecule has 3 heterocycles. The summed E-state index contributed by atoms with van der Waals surface area (Å²) in [4.78, 5) is 17.1. The van der Waals surface area contributed by atoms with Gasteiger partial charge in [-0.3, -0.25) is 9.80 Å². The first-order chi connectivity index (χ1) is 12.7. The Hall–Kier alpha value is -0.980. The molecule has 2 bridgehead atoms. The second kappa shape index (κ2) is 7.12. The summed E-state index contributed by atoms with van der Waals surface area (Å²) in [5.74, 6) is 2.39. The number of hydrogen-bond acceptors (Lipinski definition) is 6. The molecule has 0 spiro atoms. The number of rotatable bonds is 4. The topological polar surface area (TPSA) is 56.9 Å². The van der Waals surface area contributed by atoms with Crippen LogP contribution in [-0.2, 0) is 13.1 Å². The van der Waals surface area contributed by atoms with Gasteiger partial charge in [0, 0.05) is 55.8 Å². The number of aromatic hydroxyl groups is 1. The summed E-state index contributed by atoms with van der Waals surface area (Å²) in [5, 5.41) is 10.8. The first kappa shape index (κ1) is 19.3. The van der Waals surface area contributed by atoms with Crippen molar-refractivity contribution in [3.8, 4) is 5.75 Å². The highest BCUT2D eigenvalue weighted by molar-refractivity contribution is 7.99. The van der Waals surface area contributed by atoms with E-state index in [4.69, 9.17) is 4.42 Å². The lowest BCUT2D eigenvalue weighted by molar-refractivity contribution is 0.126. The van der Waals surface area contributed by atoms with Crippen molar-refractivity contribution < 1.29 is 9.52 Å². The maximum atomic E-state index is 12.4. The van der Waals surface area contributed by atoms with E-state index in [1.54, 1.807) is 0 Å². The molecule has 5 nitrogen and oxygen atoms in total. The standard InChI is InChI=1S/C21H32N2O3S/c1-20(2)8-16-9-21(3,13-20)14-23(16)11-17-18(24)15(12-26-19(17)25)10-22-4-6-27-7-5-22/h12,16,24H,4-11,13-14H2,1-3H3/t16-,21+/m0/s1. The van der Waals surface area contributed by atoms with Crippen LogP contribution in [0.1, 0.15) is 51.2 Å². The van der Waals surface area contributed by atoms with E-state index in [-0.39, 0.29) is 5.75 Å². The Morgan fingerprint density at radius 1 is 1.22 bits per heavy atom. The molecule has 0 unspecified atom stereocenters. The van der Waals surface area contributed by atoms with Crippen molar-refractivity contribution >= 4 is 11.8 Å². The lowest BCUT2D eigenvalue weighted by Gasteiger charge is -2.39. The van der Waals surface area contributed by atoms with Gasteiger partial charge < -0.3 is 9.52 Å². The molecule has 1 aliphatic carbocycles. The van der Waals surface area contributed by atoms with Crippen molar-refractivity contribution in [2.24, 2.45) is 10.8 Å². The molecule has 1 aromatic rings. The van der Waals surface area contributed by atoms with Crippen molar-refractivity contribution in [1.82, 2.24) is 9.80 Å². The van der Waals surface area contributed by atoms with Gasteiger partial charge in [-0.25, -0.2) is 4.79 Å². The molecular weight excluding hydrogens is 360 g/mol. The summed E-state index contributed by atoms with van der Waals surface area (Å²) in [6, 6.07) is 0.486. The lowest BCUT2D eigenvalue weighted by Crippen LogP contribution is -2.35. The fraction of sp³-hybridized carbons (Fsp3) is 0.762. The quantitative estimate of drug-likeness (QED) is 0.849. The van der Waals surface area contributed by atoms with Gasteiger partial charge in [0.2, 0.25) is 0 Å². The highest BCUT2D eigenvalue weighted by atomic mass is 32.2. The second-order valence-electron chi connectivity index (χ2n) is 9.88. The van der Waals surface area contributed by atoms with Gasteiger partial charge >= 0.3 is 5.63 Å². The third-order valence-corrected chi connectivity index (χ3v) is 7.47. The van der Waals surface area contributed by atoms with Crippen LogP contribution in [0.2, 0.25) is 0 Å². The van der Waals surface area contributed by atoms with Crippen LogP contribution in [-0.4, -0.2) is 52.1 Å². The molecule has 1 N–H and O–H groups in total. The SMILES string of the molecule is CC1(C)C[C@H]2C[C@@](C)(CN2Cc2c(O)c(CN3CCSCC3)coc2=O)C1. The zero-order valence-corrected chi connectivity index (χ0v) is 17.6. The predicted octanol–water partition coefficient (Wildman–Crippen LogP) is 3.29. The molecule has 0 amide bonds. The number of likely N-dealkylation sites (tertiary alicyclic amines) is 1. The minimum Gasteiger partial charge on any atom is -0.507 e. The number of nitrogens with zero attached hydrogens (tertiary/aromatic N) is 2. The van der Waals surface area contributed by atoms with Crippen LogP contribution in [0.15, 0.2) is 15.5 Å². The number of thioether (sulfide) groups is 1. The first-order valence-electron chi connectivity index (χ1n) is 10.1. The van der Waals surface area contributed by atoms with Crippen molar-refractivity contribution in [3.63, 3.8) is 0 Å². The van der Waals surface area contributed by atoms with Crippen molar-refractivity contribution in [2.75, 3.05) is 31.1 Å². The van der Waals surface area contributed by atoms with Crippen molar-refractivity contribution in [3.05, 3.63) is 27.8 Å². The normalized spacial score (nSPS) is 31.3. The highest BCUT2D eigenvalue weighted by Gasteiger charge is 2.49. The summed E-state index contributed by atoms with van der Waals surface area (Å²) in [6.45, 7) is 11.2. The van der Waals surface area contributed by atoms with Crippen LogP contribution in [0.25, 0.3) is 0 Å². The fourth-order valence-corrected chi connectivity index (χ4v) is 6.74. The maximum Gasteiger partial charge on any atom is 0.343 e. The van der Waals surface area contributed by atoms with E-state index in [0.717, 1.165) is 43.1 Å². The molecule has 1 aromatic heterocycles. The Kier molecular flexibility index (Phi) is 5.10. The van der Waals surface area contributed by atoms with Gasteiger partial charge in [0.1, 0.15) is 12.0 Å². The Morgan fingerprint density at radius 3 is 2.70 bits per heavy atom. The molecule has 150 valence electrons. The van der Waals surface area contributed by atoms with Gasteiger partial charge in [-0.2, -0.15) is 11.8 Å². The van der Waals surface area contributed by atoms with E-state index in [1.165, 1.54) is 19.1 Å². The highest BCUT2D eigenvalue weighted by Crippen LogP contribution is 2.52. The average molecular weight is 393 g/mol. The van der Waals surface area contributed by atoms with E-state index in [1.807, 2.05) is 11.8 Å². The van der Waals surface area contributed by atoms with Gasteiger partial charge in [-0.1, -0.05) is 20.8 Å². The van der Waals surface area contributed by atoms with Crippen LogP contribution in [0.4, 0.5) is 0 Å². The van der Waals surface area contributed by atoms with E-state index in [2.05, 4.69) is 30.6 Å². The maximum absolute atomic E-state index is 12.4. The minimum atomic E-state index is -0.392. The fourth-order valence-electron chi connectivity index (χ4n) is 5.76. The van der Waals surface area contributed by atoms with Gasteiger partial charge in [-0.05, 0) is 30.1 Å². The summed E-state index contributed by atoms with van der Waals surface area (Å²) in [6.07, 6.45) is 5.02. The summed E-state index contributed by atoms with van der Waals surface area (Å²) in [7, 11) is 0. The molecule has 6 heteroatoms. The third-order valence-electron chi connectivity index (χ3n) is 6.53. The Morgan fingerprint density at radius 2 is 1.96 bits per heavy atom. The zero-order chi connectivity index (χ0) is 19.2. The van der Waals surface area contributed by atoms with Crippen LogP contribution in [0, 0.1) is 10.8 Å². The Bertz CT molecular complexity index is 756.